The molecule has 0 spiro atoms. The molecule has 13 heavy (non-hydrogen) atoms. The zero-order valence-corrected chi connectivity index (χ0v) is 8.38. The van der Waals surface area contributed by atoms with Crippen LogP contribution in [-0.4, -0.2) is 28.4 Å². The molecule has 0 aromatic carbocycles. The van der Waals surface area contributed by atoms with E-state index < -0.39 is 0 Å². The predicted octanol–water partition coefficient (Wildman–Crippen LogP) is 1.77. The fourth-order valence-electron chi connectivity index (χ4n) is 1.70. The quantitative estimate of drug-likeness (QED) is 0.685. The molecule has 2 heterocycles. The average Bonchev–Trinajstić information content (AvgIpc) is 2.72. The second-order valence-electron chi connectivity index (χ2n) is 3.36. The summed E-state index contributed by atoms with van der Waals surface area (Å²) in [6.45, 7) is 3.00. The zero-order valence-electron chi connectivity index (χ0n) is 7.56. The lowest BCUT2D eigenvalue weighted by Crippen LogP contribution is -2.33. The predicted molar refractivity (Wildman–Crippen MR) is 51.8 cm³/mol. The van der Waals surface area contributed by atoms with Crippen molar-refractivity contribution >= 4 is 17.2 Å². The zero-order chi connectivity index (χ0) is 9.26. The van der Waals surface area contributed by atoms with Gasteiger partial charge in [-0.25, -0.2) is 0 Å². The summed E-state index contributed by atoms with van der Waals surface area (Å²) in [6.07, 6.45) is 3.91. The van der Waals surface area contributed by atoms with Gasteiger partial charge in [-0.2, -0.15) is 0 Å². The van der Waals surface area contributed by atoms with Crippen LogP contribution in [0.25, 0.3) is 0 Å². The molecule has 0 N–H and O–H groups in total. The third-order valence-electron chi connectivity index (χ3n) is 2.46. The van der Waals surface area contributed by atoms with Crippen LogP contribution in [0.1, 0.15) is 29.4 Å². The van der Waals surface area contributed by atoms with Gasteiger partial charge in [-0.3, -0.25) is 9.78 Å². The molecule has 1 fully saturated rings. The molecule has 0 aliphatic carbocycles. The van der Waals surface area contributed by atoms with E-state index >= 15 is 0 Å². The highest BCUT2D eigenvalue weighted by Gasteiger charge is 2.26. The highest BCUT2D eigenvalue weighted by atomic mass is 32.1. The number of amides is 1. The molecule has 1 aromatic rings. The maximum Gasteiger partial charge on any atom is 0.265 e. The number of rotatable bonds is 1. The largest absolute Gasteiger partial charge is 0.335 e. The molecule has 3 nitrogen and oxygen atoms in total. The van der Waals surface area contributed by atoms with Crippen LogP contribution >= 0.6 is 11.3 Å². The van der Waals surface area contributed by atoms with Crippen LogP contribution in [0.3, 0.4) is 0 Å². The minimum absolute atomic E-state index is 0.146. The van der Waals surface area contributed by atoms with Gasteiger partial charge in [0, 0.05) is 12.6 Å². The fraction of sp³-hybridized carbons (Fsp3) is 0.556. The Hall–Kier alpha value is -0.900. The molecular formula is C9H12N2OS. The molecule has 1 amide bonds. The van der Waals surface area contributed by atoms with Gasteiger partial charge < -0.3 is 4.90 Å². The van der Waals surface area contributed by atoms with E-state index in [2.05, 4.69) is 11.9 Å². The molecule has 0 radical (unpaired) electrons. The molecule has 0 saturated carbocycles. The van der Waals surface area contributed by atoms with Gasteiger partial charge in [0.1, 0.15) is 4.88 Å². The smallest absolute Gasteiger partial charge is 0.265 e. The van der Waals surface area contributed by atoms with E-state index in [0.717, 1.165) is 24.3 Å². The lowest BCUT2D eigenvalue weighted by atomic mass is 10.2. The second kappa shape index (κ2) is 3.46. The summed E-state index contributed by atoms with van der Waals surface area (Å²) in [4.78, 5) is 18.4. The third kappa shape index (κ3) is 1.58. The number of nitrogens with zero attached hydrogens (tertiary/aromatic N) is 2. The molecule has 4 heteroatoms. The summed E-state index contributed by atoms with van der Waals surface area (Å²) in [5, 5.41) is 0. The summed E-state index contributed by atoms with van der Waals surface area (Å²) in [6, 6.07) is 0.398. The summed E-state index contributed by atoms with van der Waals surface area (Å²) in [5.41, 5.74) is 1.70. The first kappa shape index (κ1) is 8.69. The van der Waals surface area contributed by atoms with Crippen molar-refractivity contribution < 1.29 is 4.79 Å². The molecule has 1 saturated heterocycles. The van der Waals surface area contributed by atoms with Crippen LogP contribution in [0.4, 0.5) is 0 Å². The van der Waals surface area contributed by atoms with Gasteiger partial charge in [0.25, 0.3) is 5.91 Å². The molecule has 1 aliphatic heterocycles. The first-order chi connectivity index (χ1) is 6.29. The number of carbonyl (C=O) groups is 1. The minimum atomic E-state index is 0.146. The Morgan fingerprint density at radius 3 is 3.15 bits per heavy atom. The van der Waals surface area contributed by atoms with Gasteiger partial charge in [0.2, 0.25) is 0 Å². The second-order valence-corrected chi connectivity index (χ2v) is 4.24. The Kier molecular flexibility index (Phi) is 2.31. The van der Waals surface area contributed by atoms with Crippen LogP contribution in [0, 0.1) is 0 Å². The van der Waals surface area contributed by atoms with E-state index in [-0.39, 0.29) is 5.91 Å². The van der Waals surface area contributed by atoms with E-state index in [4.69, 9.17) is 0 Å². The van der Waals surface area contributed by atoms with Gasteiger partial charge in [0.05, 0.1) is 11.7 Å². The van der Waals surface area contributed by atoms with E-state index in [1.165, 1.54) is 11.3 Å². The van der Waals surface area contributed by atoms with Gasteiger partial charge >= 0.3 is 0 Å². The monoisotopic (exact) mass is 196 g/mol. The third-order valence-corrected chi connectivity index (χ3v) is 3.22. The van der Waals surface area contributed by atoms with Crippen molar-refractivity contribution in [2.75, 3.05) is 6.54 Å². The van der Waals surface area contributed by atoms with Crippen molar-refractivity contribution in [3.63, 3.8) is 0 Å². The Morgan fingerprint density at radius 1 is 1.77 bits per heavy atom. The molecular weight excluding hydrogens is 184 g/mol. The number of hydrogen-bond acceptors (Lipinski definition) is 3. The molecule has 70 valence electrons. The number of aromatic nitrogens is 1. The van der Waals surface area contributed by atoms with Crippen molar-refractivity contribution in [2.24, 2.45) is 0 Å². The Bertz CT molecular complexity index is 297. The molecule has 1 aliphatic rings. The molecule has 0 unspecified atom stereocenters. The Balaban J connectivity index is 2.13. The van der Waals surface area contributed by atoms with E-state index in [9.17, 15) is 4.79 Å². The van der Waals surface area contributed by atoms with Gasteiger partial charge in [0.15, 0.2) is 0 Å². The highest BCUT2D eigenvalue weighted by molar-refractivity contribution is 7.11. The number of thiazole rings is 1. The minimum Gasteiger partial charge on any atom is -0.335 e. The van der Waals surface area contributed by atoms with Gasteiger partial charge in [-0.1, -0.05) is 0 Å². The standard InChI is InChI=1S/C9H12N2OS/c1-7-3-2-4-11(7)9(12)8-5-10-6-13-8/h5-7H,2-4H2,1H3/t7-/m1/s1. The van der Waals surface area contributed by atoms with Crippen molar-refractivity contribution in [2.45, 2.75) is 25.8 Å². The van der Waals surface area contributed by atoms with Gasteiger partial charge in [-0.15, -0.1) is 11.3 Å². The maximum absolute atomic E-state index is 11.8. The van der Waals surface area contributed by atoms with Crippen molar-refractivity contribution in [3.8, 4) is 0 Å². The first-order valence-electron chi connectivity index (χ1n) is 4.48. The molecule has 1 atom stereocenters. The Labute approximate surface area is 81.4 Å². The van der Waals surface area contributed by atoms with Crippen LogP contribution in [0.15, 0.2) is 11.7 Å². The number of carbonyl (C=O) groups excluding carboxylic acids is 1. The highest BCUT2D eigenvalue weighted by Crippen LogP contribution is 2.20. The average molecular weight is 196 g/mol. The lowest BCUT2D eigenvalue weighted by molar-refractivity contribution is 0.0752. The van der Waals surface area contributed by atoms with Crippen LogP contribution in [0.5, 0.6) is 0 Å². The van der Waals surface area contributed by atoms with E-state index in [0.29, 0.717) is 6.04 Å². The number of likely N-dealkylation sites (tertiary alicyclic amines) is 1. The first-order valence-corrected chi connectivity index (χ1v) is 5.36. The van der Waals surface area contributed by atoms with Crippen molar-refractivity contribution in [1.82, 2.24) is 9.88 Å². The van der Waals surface area contributed by atoms with E-state index in [1.54, 1.807) is 11.7 Å². The van der Waals surface area contributed by atoms with Crippen molar-refractivity contribution in [1.29, 1.82) is 0 Å². The maximum atomic E-state index is 11.8. The fourth-order valence-corrected chi connectivity index (χ4v) is 2.27. The van der Waals surface area contributed by atoms with Crippen LogP contribution in [0.2, 0.25) is 0 Å². The SMILES string of the molecule is C[C@@H]1CCCN1C(=O)c1cncs1. The van der Waals surface area contributed by atoms with Gasteiger partial charge in [-0.05, 0) is 19.8 Å². The molecule has 1 aromatic heterocycles. The molecule has 0 bridgehead atoms. The van der Waals surface area contributed by atoms with Crippen LogP contribution in [-0.2, 0) is 0 Å². The summed E-state index contributed by atoms with van der Waals surface area (Å²) in [7, 11) is 0. The van der Waals surface area contributed by atoms with E-state index in [1.807, 2.05) is 4.90 Å². The Morgan fingerprint density at radius 2 is 2.62 bits per heavy atom. The number of hydrogen-bond donors (Lipinski definition) is 0. The normalized spacial score (nSPS) is 22.2. The lowest BCUT2D eigenvalue weighted by Gasteiger charge is -2.19. The van der Waals surface area contributed by atoms with Crippen molar-refractivity contribution in [3.05, 3.63) is 16.6 Å². The van der Waals surface area contributed by atoms with Crippen LogP contribution < -0.4 is 0 Å². The molecule has 2 rings (SSSR count). The summed E-state index contributed by atoms with van der Waals surface area (Å²) < 4.78 is 0. The summed E-state index contributed by atoms with van der Waals surface area (Å²) in [5.74, 6) is 0.146. The topological polar surface area (TPSA) is 33.2 Å². The summed E-state index contributed by atoms with van der Waals surface area (Å²) >= 11 is 1.42.